The van der Waals surface area contributed by atoms with Gasteiger partial charge in [0.1, 0.15) is 22.8 Å². The van der Waals surface area contributed by atoms with E-state index >= 15 is 0 Å². The summed E-state index contributed by atoms with van der Waals surface area (Å²) in [6.07, 6.45) is 2.44. The highest BCUT2D eigenvalue weighted by atomic mass is 16.5. The summed E-state index contributed by atoms with van der Waals surface area (Å²) in [7, 11) is 3.39. The number of hydrogen-bond donors (Lipinski definition) is 1. The highest BCUT2D eigenvalue weighted by molar-refractivity contribution is 5.78. The largest absolute Gasteiger partial charge is 0.497 e. The quantitative estimate of drug-likeness (QED) is 0.158. The lowest BCUT2D eigenvalue weighted by Gasteiger charge is -2.29. The van der Waals surface area contributed by atoms with Gasteiger partial charge < -0.3 is 19.0 Å². The number of furan rings is 1. The number of fused-ring (bicyclic) bond motifs is 1. The van der Waals surface area contributed by atoms with Gasteiger partial charge in [-0.1, -0.05) is 78.9 Å². The molecule has 0 aliphatic carbocycles. The van der Waals surface area contributed by atoms with Crippen LogP contribution in [0.4, 0.5) is 0 Å². The highest BCUT2D eigenvalue weighted by Gasteiger charge is 2.20. The van der Waals surface area contributed by atoms with E-state index in [9.17, 15) is 5.11 Å². The van der Waals surface area contributed by atoms with Crippen LogP contribution in [0.1, 0.15) is 40.4 Å². The average molecular weight is 550 g/mol. The minimum Gasteiger partial charge on any atom is -0.497 e. The molecule has 0 radical (unpaired) electrons. The van der Waals surface area contributed by atoms with E-state index in [4.69, 9.17) is 13.9 Å². The van der Waals surface area contributed by atoms with Crippen molar-refractivity contribution in [1.29, 1.82) is 0 Å². The summed E-state index contributed by atoms with van der Waals surface area (Å²) in [5.41, 5.74) is 5.73. The molecule has 0 fully saturated rings. The van der Waals surface area contributed by atoms with E-state index in [1.165, 1.54) is 11.1 Å². The van der Waals surface area contributed by atoms with Gasteiger partial charge in [0, 0.05) is 49.1 Å². The van der Waals surface area contributed by atoms with Crippen molar-refractivity contribution in [2.24, 2.45) is 0 Å². The van der Waals surface area contributed by atoms with E-state index < -0.39 is 0 Å². The molecule has 0 saturated carbocycles. The van der Waals surface area contributed by atoms with E-state index in [2.05, 4.69) is 89.8 Å². The maximum absolute atomic E-state index is 9.29. The monoisotopic (exact) mass is 549 g/mol. The van der Waals surface area contributed by atoms with Crippen LogP contribution in [0.25, 0.3) is 11.0 Å². The van der Waals surface area contributed by atoms with Crippen molar-refractivity contribution in [3.63, 3.8) is 0 Å². The molecule has 212 valence electrons. The average Bonchev–Trinajstić information content (AvgIpc) is 3.43. The zero-order chi connectivity index (χ0) is 28.4. The first-order valence-electron chi connectivity index (χ1n) is 14.3. The molecule has 0 spiro atoms. The van der Waals surface area contributed by atoms with Crippen molar-refractivity contribution >= 4 is 11.0 Å². The molecule has 0 amide bonds. The summed E-state index contributed by atoms with van der Waals surface area (Å²) in [4.78, 5) is 2.52. The molecule has 0 bridgehead atoms. The number of hydrogen-bond acceptors (Lipinski definition) is 5. The number of benzene rings is 4. The minimum atomic E-state index is 0.140. The van der Waals surface area contributed by atoms with Crippen LogP contribution in [0.5, 0.6) is 11.5 Å². The summed E-state index contributed by atoms with van der Waals surface area (Å²) in [6, 6.07) is 35.9. The number of aryl methyl sites for hydroxylation is 1. The van der Waals surface area contributed by atoms with Crippen molar-refractivity contribution in [3.05, 3.63) is 131 Å². The van der Waals surface area contributed by atoms with E-state index in [1.54, 1.807) is 14.2 Å². The highest BCUT2D eigenvalue weighted by Crippen LogP contribution is 2.30. The normalized spacial score (nSPS) is 11.4. The van der Waals surface area contributed by atoms with Gasteiger partial charge in [-0.15, -0.1) is 0 Å². The number of nitrogens with zero attached hydrogens (tertiary/aromatic N) is 1. The zero-order valence-corrected chi connectivity index (χ0v) is 24.0. The molecular formula is C36H39NO4. The van der Waals surface area contributed by atoms with Crippen LogP contribution in [0, 0.1) is 0 Å². The molecule has 5 aromatic rings. The zero-order valence-electron chi connectivity index (χ0n) is 24.0. The number of ether oxygens (including phenoxy) is 2. The molecule has 5 rings (SSSR count). The second-order valence-corrected chi connectivity index (χ2v) is 10.4. The fourth-order valence-electron chi connectivity index (χ4n) is 5.51. The summed E-state index contributed by atoms with van der Waals surface area (Å²) in [5.74, 6) is 2.85. The molecule has 1 N–H and O–H groups in total. The van der Waals surface area contributed by atoms with Crippen LogP contribution in [-0.2, 0) is 19.4 Å². The first-order valence-corrected chi connectivity index (χ1v) is 14.3. The molecule has 5 heteroatoms. The summed E-state index contributed by atoms with van der Waals surface area (Å²) < 4.78 is 17.4. The van der Waals surface area contributed by atoms with Gasteiger partial charge in [-0.25, -0.2) is 0 Å². The maximum Gasteiger partial charge on any atom is 0.134 e. The lowest BCUT2D eigenvalue weighted by molar-refractivity contribution is 0.248. The van der Waals surface area contributed by atoms with Gasteiger partial charge in [0.25, 0.3) is 0 Å². The van der Waals surface area contributed by atoms with Crippen LogP contribution in [0.2, 0.25) is 0 Å². The molecule has 0 aliphatic heterocycles. The minimum absolute atomic E-state index is 0.140. The topological polar surface area (TPSA) is 55.1 Å². The Bertz CT molecular complexity index is 1470. The molecule has 1 aromatic heterocycles. The van der Waals surface area contributed by atoms with Gasteiger partial charge in [0.05, 0.1) is 14.2 Å². The number of methoxy groups -OCH3 is 2. The van der Waals surface area contributed by atoms with Crippen LogP contribution in [0.15, 0.2) is 108 Å². The Morgan fingerprint density at radius 3 is 2.17 bits per heavy atom. The van der Waals surface area contributed by atoms with Gasteiger partial charge >= 0.3 is 0 Å². The van der Waals surface area contributed by atoms with Crippen molar-refractivity contribution in [2.75, 3.05) is 33.9 Å². The summed E-state index contributed by atoms with van der Waals surface area (Å²) in [6.45, 7) is 2.67. The van der Waals surface area contributed by atoms with Gasteiger partial charge in [0.2, 0.25) is 0 Å². The van der Waals surface area contributed by atoms with Gasteiger partial charge in [-0.2, -0.15) is 0 Å². The fraction of sp³-hybridized carbons (Fsp3) is 0.278. The molecule has 0 saturated heterocycles. The molecule has 0 aliphatic rings. The molecule has 0 unspecified atom stereocenters. The third kappa shape index (κ3) is 7.37. The van der Waals surface area contributed by atoms with Crippen LogP contribution in [-0.4, -0.2) is 43.9 Å². The Balaban J connectivity index is 1.38. The lowest BCUT2D eigenvalue weighted by atomic mass is 9.90. The first-order chi connectivity index (χ1) is 20.2. The van der Waals surface area contributed by atoms with E-state index in [0.29, 0.717) is 6.42 Å². The number of aliphatic hydroxyl groups excluding tert-OH is 1. The van der Waals surface area contributed by atoms with E-state index in [1.807, 2.05) is 18.2 Å². The van der Waals surface area contributed by atoms with Gasteiger partial charge in [0.15, 0.2) is 0 Å². The Kier molecular flexibility index (Phi) is 9.74. The van der Waals surface area contributed by atoms with Crippen LogP contribution < -0.4 is 9.47 Å². The Hall–Kier alpha value is -4.06. The van der Waals surface area contributed by atoms with E-state index in [-0.39, 0.29) is 12.5 Å². The Morgan fingerprint density at radius 1 is 0.780 bits per heavy atom. The number of aliphatic hydroxyl groups is 1. The van der Waals surface area contributed by atoms with Crippen molar-refractivity contribution in [1.82, 2.24) is 4.90 Å². The summed E-state index contributed by atoms with van der Waals surface area (Å²) >= 11 is 0. The fourth-order valence-corrected chi connectivity index (χ4v) is 5.51. The SMILES string of the molecule is COc1ccc(CN(CCCc2cc3ccc(CCO)cc3o2)CC(c2ccccc2)c2ccccc2)c(OC)c1. The van der Waals surface area contributed by atoms with Gasteiger partial charge in [-0.3, -0.25) is 4.90 Å². The smallest absolute Gasteiger partial charge is 0.134 e. The van der Waals surface area contributed by atoms with Crippen molar-refractivity contribution in [2.45, 2.75) is 31.7 Å². The molecule has 1 heterocycles. The van der Waals surface area contributed by atoms with Crippen molar-refractivity contribution < 1.29 is 19.0 Å². The Morgan fingerprint density at radius 2 is 1.51 bits per heavy atom. The molecule has 41 heavy (non-hydrogen) atoms. The second-order valence-electron chi connectivity index (χ2n) is 10.4. The Labute approximate surface area is 243 Å². The standard InChI is InChI=1S/C36H39NO4/c1-39-32-18-17-31(35(24-32)40-2)25-37(26-34(28-10-5-3-6-11-28)29-12-7-4-8-13-29)20-9-14-33-23-30-16-15-27(19-21-38)22-36(30)41-33/h3-8,10-13,15-18,22-24,34,38H,9,14,19-21,25-26H2,1-2H3. The maximum atomic E-state index is 9.29. The van der Waals surface area contributed by atoms with Gasteiger partial charge in [-0.05, 0) is 54.3 Å². The first kappa shape index (κ1) is 28.5. The van der Waals surface area contributed by atoms with Crippen LogP contribution in [0.3, 0.4) is 0 Å². The predicted octanol–water partition coefficient (Wildman–Crippen LogP) is 7.25. The number of rotatable bonds is 14. The third-order valence-electron chi connectivity index (χ3n) is 7.67. The lowest BCUT2D eigenvalue weighted by Crippen LogP contribution is -2.30. The molecular weight excluding hydrogens is 510 g/mol. The predicted molar refractivity (Wildman–Crippen MR) is 165 cm³/mol. The van der Waals surface area contributed by atoms with Crippen molar-refractivity contribution in [3.8, 4) is 11.5 Å². The molecule has 5 nitrogen and oxygen atoms in total. The molecule has 4 aromatic carbocycles. The third-order valence-corrected chi connectivity index (χ3v) is 7.67. The molecule has 0 atom stereocenters. The second kappa shape index (κ2) is 14.0. The van der Waals surface area contributed by atoms with Crippen LogP contribution >= 0.6 is 0 Å². The summed E-state index contributed by atoms with van der Waals surface area (Å²) in [5, 5.41) is 10.4. The van der Waals surface area contributed by atoms with E-state index in [0.717, 1.165) is 71.8 Å².